The molecular formula is C9H20N2O. The first-order valence-electron chi connectivity index (χ1n) is 4.56. The molecule has 0 aromatic heterocycles. The third kappa shape index (κ3) is 2.81. The molecule has 72 valence electrons. The van der Waals surface area contributed by atoms with Gasteiger partial charge in [0.2, 0.25) is 5.91 Å². The highest BCUT2D eigenvalue weighted by atomic mass is 16.2. The fraction of sp³-hybridized carbons (Fsp3) is 0.889. The molecule has 0 aromatic carbocycles. The molecule has 2 N–H and O–H groups in total. The van der Waals surface area contributed by atoms with Crippen molar-refractivity contribution >= 4 is 5.91 Å². The van der Waals surface area contributed by atoms with E-state index in [1.807, 2.05) is 7.05 Å². The van der Waals surface area contributed by atoms with Gasteiger partial charge in [-0.2, -0.15) is 0 Å². The van der Waals surface area contributed by atoms with E-state index in [1.54, 1.807) is 11.8 Å². The van der Waals surface area contributed by atoms with E-state index >= 15 is 0 Å². The van der Waals surface area contributed by atoms with Gasteiger partial charge in [-0.25, -0.2) is 0 Å². The number of likely N-dealkylation sites (N-methyl/N-ethyl adjacent to an activating group) is 1. The van der Waals surface area contributed by atoms with Gasteiger partial charge in [0.15, 0.2) is 0 Å². The summed E-state index contributed by atoms with van der Waals surface area (Å²) in [7, 11) is 1.82. The molecule has 0 saturated carbocycles. The van der Waals surface area contributed by atoms with Crippen molar-refractivity contribution in [2.45, 2.75) is 45.7 Å². The summed E-state index contributed by atoms with van der Waals surface area (Å²) in [5.41, 5.74) is 5.49. The summed E-state index contributed by atoms with van der Waals surface area (Å²) >= 11 is 0. The highest BCUT2D eigenvalue weighted by Gasteiger charge is 2.18. The normalized spacial score (nSPS) is 13.2. The van der Waals surface area contributed by atoms with Crippen LogP contribution in [0, 0.1) is 0 Å². The van der Waals surface area contributed by atoms with Crippen LogP contribution in [0.2, 0.25) is 0 Å². The lowest BCUT2D eigenvalue weighted by atomic mass is 10.1. The van der Waals surface area contributed by atoms with E-state index in [0.29, 0.717) is 6.04 Å². The smallest absolute Gasteiger partial charge is 0.239 e. The van der Waals surface area contributed by atoms with Gasteiger partial charge < -0.3 is 10.6 Å². The number of carbonyl (C=O) groups excluding carboxylic acids is 1. The minimum Gasteiger partial charge on any atom is -0.341 e. The highest BCUT2D eigenvalue weighted by molar-refractivity contribution is 5.81. The van der Waals surface area contributed by atoms with Crippen LogP contribution in [0.3, 0.4) is 0 Å². The summed E-state index contributed by atoms with van der Waals surface area (Å²) in [5, 5.41) is 0. The van der Waals surface area contributed by atoms with Crippen molar-refractivity contribution in [1.29, 1.82) is 0 Å². The van der Waals surface area contributed by atoms with Crippen LogP contribution in [0.5, 0.6) is 0 Å². The Balaban J connectivity index is 4.15. The summed E-state index contributed by atoms with van der Waals surface area (Å²) < 4.78 is 0. The van der Waals surface area contributed by atoms with Crippen LogP contribution in [0.1, 0.15) is 33.6 Å². The van der Waals surface area contributed by atoms with Crippen molar-refractivity contribution in [2.75, 3.05) is 7.05 Å². The molecule has 12 heavy (non-hydrogen) atoms. The van der Waals surface area contributed by atoms with Crippen molar-refractivity contribution < 1.29 is 4.79 Å². The van der Waals surface area contributed by atoms with Crippen LogP contribution in [-0.4, -0.2) is 29.9 Å². The molecule has 0 unspecified atom stereocenters. The van der Waals surface area contributed by atoms with Crippen LogP contribution in [-0.2, 0) is 4.79 Å². The molecule has 0 aliphatic heterocycles. The molecule has 0 aromatic rings. The van der Waals surface area contributed by atoms with Gasteiger partial charge >= 0.3 is 0 Å². The number of hydrogen-bond acceptors (Lipinski definition) is 2. The maximum atomic E-state index is 11.4. The molecule has 3 nitrogen and oxygen atoms in total. The van der Waals surface area contributed by atoms with E-state index in [9.17, 15) is 4.79 Å². The standard InChI is InChI=1S/C9H20N2O/c1-5-8(6-2)11(4)9(12)7(3)10/h7-8H,5-6,10H2,1-4H3/t7-/m1/s1. The van der Waals surface area contributed by atoms with E-state index in [-0.39, 0.29) is 11.9 Å². The van der Waals surface area contributed by atoms with E-state index in [0.717, 1.165) is 12.8 Å². The van der Waals surface area contributed by atoms with E-state index in [4.69, 9.17) is 5.73 Å². The van der Waals surface area contributed by atoms with Crippen LogP contribution in [0.4, 0.5) is 0 Å². The third-order valence-corrected chi connectivity index (χ3v) is 2.23. The molecule has 0 rings (SSSR count). The molecule has 0 radical (unpaired) electrons. The monoisotopic (exact) mass is 172 g/mol. The summed E-state index contributed by atoms with van der Waals surface area (Å²) in [6.07, 6.45) is 1.98. The maximum Gasteiger partial charge on any atom is 0.239 e. The Hall–Kier alpha value is -0.570. The Morgan fingerprint density at radius 2 is 1.83 bits per heavy atom. The SMILES string of the molecule is CCC(CC)N(C)C(=O)[C@@H](C)N. The van der Waals surface area contributed by atoms with Gasteiger partial charge in [-0.05, 0) is 19.8 Å². The van der Waals surface area contributed by atoms with Gasteiger partial charge in [0.25, 0.3) is 0 Å². The minimum absolute atomic E-state index is 0.0312. The zero-order valence-electron chi connectivity index (χ0n) is 8.50. The van der Waals surface area contributed by atoms with Crippen molar-refractivity contribution in [3.05, 3.63) is 0 Å². The highest BCUT2D eigenvalue weighted by Crippen LogP contribution is 2.06. The van der Waals surface area contributed by atoms with Crippen LogP contribution in [0.25, 0.3) is 0 Å². The lowest BCUT2D eigenvalue weighted by Crippen LogP contribution is -2.44. The van der Waals surface area contributed by atoms with Gasteiger partial charge in [-0.15, -0.1) is 0 Å². The molecule has 1 atom stereocenters. The summed E-state index contributed by atoms with van der Waals surface area (Å²) in [4.78, 5) is 13.2. The number of nitrogens with two attached hydrogens (primary N) is 1. The van der Waals surface area contributed by atoms with Gasteiger partial charge in [-0.3, -0.25) is 4.79 Å². The molecule has 0 aliphatic carbocycles. The van der Waals surface area contributed by atoms with Gasteiger partial charge in [0.1, 0.15) is 0 Å². The largest absolute Gasteiger partial charge is 0.341 e. The zero-order valence-corrected chi connectivity index (χ0v) is 8.50. The van der Waals surface area contributed by atoms with Gasteiger partial charge in [-0.1, -0.05) is 13.8 Å². The fourth-order valence-corrected chi connectivity index (χ4v) is 1.34. The predicted octanol–water partition coefficient (Wildman–Crippen LogP) is 0.981. The number of amides is 1. The molecule has 0 fully saturated rings. The number of hydrogen-bond donors (Lipinski definition) is 1. The van der Waals surface area contributed by atoms with E-state index in [2.05, 4.69) is 13.8 Å². The average Bonchev–Trinajstić information content (AvgIpc) is 2.05. The maximum absolute atomic E-state index is 11.4. The molecular weight excluding hydrogens is 152 g/mol. The van der Waals surface area contributed by atoms with Crippen molar-refractivity contribution in [3.8, 4) is 0 Å². The van der Waals surface area contributed by atoms with Crippen molar-refractivity contribution in [2.24, 2.45) is 5.73 Å². The van der Waals surface area contributed by atoms with Crippen molar-refractivity contribution in [1.82, 2.24) is 4.90 Å². The number of rotatable bonds is 4. The second kappa shape index (κ2) is 5.14. The molecule has 0 bridgehead atoms. The minimum atomic E-state index is -0.379. The predicted molar refractivity (Wildman–Crippen MR) is 50.8 cm³/mol. The van der Waals surface area contributed by atoms with Crippen LogP contribution in [0.15, 0.2) is 0 Å². The average molecular weight is 172 g/mol. The Morgan fingerprint density at radius 1 is 1.42 bits per heavy atom. The fourth-order valence-electron chi connectivity index (χ4n) is 1.34. The second-order valence-electron chi connectivity index (χ2n) is 3.21. The van der Waals surface area contributed by atoms with Crippen LogP contribution >= 0.6 is 0 Å². The first-order valence-corrected chi connectivity index (χ1v) is 4.56. The van der Waals surface area contributed by atoms with E-state index < -0.39 is 0 Å². The Labute approximate surface area is 74.9 Å². The second-order valence-corrected chi connectivity index (χ2v) is 3.21. The Bertz CT molecular complexity index is 141. The first kappa shape index (κ1) is 11.4. The molecule has 0 spiro atoms. The molecule has 0 saturated heterocycles. The molecule has 0 aliphatic rings. The van der Waals surface area contributed by atoms with Gasteiger partial charge in [0.05, 0.1) is 6.04 Å². The number of carbonyl (C=O) groups is 1. The summed E-state index contributed by atoms with van der Waals surface area (Å²) in [6, 6.07) is -0.0425. The Kier molecular flexibility index (Phi) is 4.90. The molecule has 1 amide bonds. The van der Waals surface area contributed by atoms with Gasteiger partial charge in [0, 0.05) is 13.1 Å². The topological polar surface area (TPSA) is 46.3 Å². The zero-order chi connectivity index (χ0) is 9.72. The first-order chi connectivity index (χ1) is 5.54. The summed E-state index contributed by atoms with van der Waals surface area (Å²) in [5.74, 6) is 0.0312. The molecule has 0 heterocycles. The quantitative estimate of drug-likeness (QED) is 0.687. The lowest BCUT2D eigenvalue weighted by molar-refractivity contribution is -0.133. The molecule has 3 heteroatoms. The lowest BCUT2D eigenvalue weighted by Gasteiger charge is -2.27. The Morgan fingerprint density at radius 3 is 2.08 bits per heavy atom. The van der Waals surface area contributed by atoms with E-state index in [1.165, 1.54) is 0 Å². The number of nitrogens with zero attached hydrogens (tertiary/aromatic N) is 1. The summed E-state index contributed by atoms with van der Waals surface area (Å²) in [6.45, 7) is 5.89. The van der Waals surface area contributed by atoms with Crippen LogP contribution < -0.4 is 5.73 Å². The third-order valence-electron chi connectivity index (χ3n) is 2.23. The van der Waals surface area contributed by atoms with Crippen molar-refractivity contribution in [3.63, 3.8) is 0 Å².